The van der Waals surface area contributed by atoms with Gasteiger partial charge in [0.05, 0.1) is 31.1 Å². The van der Waals surface area contributed by atoms with Crippen molar-refractivity contribution in [1.29, 1.82) is 0 Å². The number of benzene rings is 2. The topological polar surface area (TPSA) is 70.7 Å². The fraction of sp³-hybridized carbons (Fsp3) is 0.300. The molecule has 0 bridgehead atoms. The molecule has 7 heteroatoms. The van der Waals surface area contributed by atoms with Crippen molar-refractivity contribution in [2.75, 3.05) is 37.6 Å². The molecule has 0 heterocycles. The van der Waals surface area contributed by atoms with Crippen LogP contribution in [0.25, 0.3) is 0 Å². The second-order valence-electron chi connectivity index (χ2n) is 6.03. The van der Waals surface area contributed by atoms with Crippen molar-refractivity contribution in [1.82, 2.24) is 4.90 Å². The molecule has 0 aromatic heterocycles. The highest BCUT2D eigenvalue weighted by molar-refractivity contribution is 7.98. The lowest BCUT2D eigenvalue weighted by atomic mass is 10.2. The molecule has 0 saturated carbocycles. The quantitative estimate of drug-likeness (QED) is 0.680. The lowest BCUT2D eigenvalue weighted by Gasteiger charge is -2.24. The third-order valence-electron chi connectivity index (χ3n) is 4.18. The van der Waals surface area contributed by atoms with E-state index in [1.165, 1.54) is 0 Å². The van der Waals surface area contributed by atoms with Crippen molar-refractivity contribution >= 4 is 35.0 Å². The first-order valence-electron chi connectivity index (χ1n) is 8.53. The molecule has 0 saturated heterocycles. The maximum Gasteiger partial charge on any atom is 0.241 e. The van der Waals surface area contributed by atoms with E-state index in [2.05, 4.69) is 10.6 Å². The number of methoxy groups -OCH3 is 1. The summed E-state index contributed by atoms with van der Waals surface area (Å²) in [5, 5.41) is 5.74. The summed E-state index contributed by atoms with van der Waals surface area (Å²) in [5.74, 6) is 0.211. The number of rotatable bonds is 8. The molecule has 2 aromatic carbocycles. The number of anilines is 2. The normalized spacial score (nSPS) is 11.7. The maximum atomic E-state index is 12.5. The van der Waals surface area contributed by atoms with Crippen molar-refractivity contribution in [3.8, 4) is 5.75 Å². The Morgan fingerprint density at radius 2 is 1.70 bits per heavy atom. The minimum absolute atomic E-state index is 0.100. The van der Waals surface area contributed by atoms with Crippen LogP contribution in [-0.2, 0) is 9.59 Å². The van der Waals surface area contributed by atoms with E-state index in [0.717, 1.165) is 10.6 Å². The van der Waals surface area contributed by atoms with E-state index < -0.39 is 6.04 Å². The summed E-state index contributed by atoms with van der Waals surface area (Å²) in [5.41, 5.74) is 1.37. The number of thioether (sulfide) groups is 1. The van der Waals surface area contributed by atoms with Gasteiger partial charge in [0.1, 0.15) is 5.75 Å². The fourth-order valence-corrected chi connectivity index (χ4v) is 3.04. The number of hydrogen-bond donors (Lipinski definition) is 2. The minimum atomic E-state index is -0.489. The summed E-state index contributed by atoms with van der Waals surface area (Å²) >= 11 is 1.57. The van der Waals surface area contributed by atoms with Crippen molar-refractivity contribution < 1.29 is 14.3 Å². The van der Waals surface area contributed by atoms with E-state index >= 15 is 0 Å². The number of likely N-dealkylation sites (N-methyl/N-ethyl adjacent to an activating group) is 1. The van der Waals surface area contributed by atoms with Crippen molar-refractivity contribution in [3.63, 3.8) is 0 Å². The van der Waals surface area contributed by atoms with Gasteiger partial charge in [0.25, 0.3) is 0 Å². The maximum absolute atomic E-state index is 12.5. The summed E-state index contributed by atoms with van der Waals surface area (Å²) in [6.45, 7) is 1.86. The van der Waals surface area contributed by atoms with Crippen molar-refractivity contribution in [2.24, 2.45) is 0 Å². The Hall–Kier alpha value is -2.51. The zero-order valence-electron chi connectivity index (χ0n) is 16.0. The van der Waals surface area contributed by atoms with Crippen molar-refractivity contribution in [3.05, 3.63) is 48.5 Å². The van der Waals surface area contributed by atoms with E-state index in [1.807, 2.05) is 42.7 Å². The highest BCUT2D eigenvalue weighted by Crippen LogP contribution is 2.25. The molecule has 2 rings (SSSR count). The monoisotopic (exact) mass is 387 g/mol. The molecule has 0 radical (unpaired) electrons. The molecule has 0 aliphatic carbocycles. The molecule has 144 valence electrons. The highest BCUT2D eigenvalue weighted by atomic mass is 32.2. The van der Waals surface area contributed by atoms with Gasteiger partial charge in [-0.1, -0.05) is 24.3 Å². The van der Waals surface area contributed by atoms with E-state index in [1.54, 1.807) is 49.9 Å². The van der Waals surface area contributed by atoms with Gasteiger partial charge < -0.3 is 15.4 Å². The van der Waals surface area contributed by atoms with E-state index in [4.69, 9.17) is 4.74 Å². The highest BCUT2D eigenvalue weighted by Gasteiger charge is 2.21. The Labute approximate surface area is 164 Å². The van der Waals surface area contributed by atoms with Crippen LogP contribution in [0, 0.1) is 0 Å². The number of para-hydroxylation sites is 3. The van der Waals surface area contributed by atoms with Gasteiger partial charge >= 0.3 is 0 Å². The molecular weight excluding hydrogens is 362 g/mol. The number of amides is 2. The van der Waals surface area contributed by atoms with E-state index in [-0.39, 0.29) is 18.4 Å². The Bertz CT molecular complexity index is 798. The van der Waals surface area contributed by atoms with Crippen LogP contribution in [0.2, 0.25) is 0 Å². The minimum Gasteiger partial charge on any atom is -0.495 e. The van der Waals surface area contributed by atoms with E-state index in [0.29, 0.717) is 11.4 Å². The summed E-state index contributed by atoms with van der Waals surface area (Å²) in [7, 11) is 3.30. The first-order valence-corrected chi connectivity index (χ1v) is 9.75. The van der Waals surface area contributed by atoms with Crippen molar-refractivity contribution in [2.45, 2.75) is 17.9 Å². The van der Waals surface area contributed by atoms with Gasteiger partial charge in [-0.2, -0.15) is 0 Å². The van der Waals surface area contributed by atoms with Crippen LogP contribution in [0.1, 0.15) is 6.92 Å². The average Bonchev–Trinajstić information content (AvgIpc) is 2.68. The molecule has 1 atom stereocenters. The summed E-state index contributed by atoms with van der Waals surface area (Å²) < 4.78 is 5.24. The average molecular weight is 388 g/mol. The smallest absolute Gasteiger partial charge is 0.241 e. The second kappa shape index (κ2) is 9.99. The van der Waals surface area contributed by atoms with Gasteiger partial charge in [-0.25, -0.2) is 0 Å². The fourth-order valence-electron chi connectivity index (χ4n) is 2.49. The number of hydrogen-bond acceptors (Lipinski definition) is 5. The van der Waals surface area contributed by atoms with Crippen LogP contribution in [0.4, 0.5) is 11.4 Å². The van der Waals surface area contributed by atoms with Gasteiger partial charge in [-0.3, -0.25) is 14.5 Å². The summed E-state index contributed by atoms with van der Waals surface area (Å²) in [6, 6.07) is 14.3. The molecule has 6 nitrogen and oxygen atoms in total. The lowest BCUT2D eigenvalue weighted by molar-refractivity contribution is -0.122. The Morgan fingerprint density at radius 1 is 1.07 bits per heavy atom. The summed E-state index contributed by atoms with van der Waals surface area (Å²) in [6.07, 6.45) is 1.96. The van der Waals surface area contributed by atoms with Crippen LogP contribution in [0.15, 0.2) is 53.4 Å². The second-order valence-corrected chi connectivity index (χ2v) is 6.88. The predicted molar refractivity (Wildman–Crippen MR) is 111 cm³/mol. The van der Waals surface area contributed by atoms with Gasteiger partial charge in [0.15, 0.2) is 0 Å². The van der Waals surface area contributed by atoms with Gasteiger partial charge in [-0.15, -0.1) is 11.8 Å². The largest absolute Gasteiger partial charge is 0.495 e. The van der Waals surface area contributed by atoms with Crippen LogP contribution in [0.5, 0.6) is 5.75 Å². The number of carbonyl (C=O) groups is 2. The predicted octanol–water partition coefficient (Wildman–Crippen LogP) is 3.31. The van der Waals surface area contributed by atoms with Crippen LogP contribution >= 0.6 is 11.8 Å². The molecule has 27 heavy (non-hydrogen) atoms. The Kier molecular flexibility index (Phi) is 7.69. The molecule has 2 amide bonds. The Morgan fingerprint density at radius 3 is 2.37 bits per heavy atom. The van der Waals surface area contributed by atoms with Crippen LogP contribution < -0.4 is 15.4 Å². The standard InChI is InChI=1S/C20H25N3O3S/c1-14(20(25)22-15-9-5-7-11-17(15)26-3)23(2)13-19(24)21-16-10-6-8-12-18(16)27-4/h5-12,14H,13H2,1-4H3,(H,21,24)(H,22,25). The number of nitrogens with zero attached hydrogens (tertiary/aromatic N) is 1. The molecule has 0 spiro atoms. The first kappa shape index (κ1) is 20.8. The molecular formula is C20H25N3O3S. The molecule has 2 aromatic rings. The third kappa shape index (κ3) is 5.74. The van der Waals surface area contributed by atoms with E-state index in [9.17, 15) is 9.59 Å². The van der Waals surface area contributed by atoms with Crippen LogP contribution in [0.3, 0.4) is 0 Å². The SMILES string of the molecule is COc1ccccc1NC(=O)C(C)N(C)CC(=O)Nc1ccccc1SC. The third-order valence-corrected chi connectivity index (χ3v) is 4.98. The molecule has 0 fully saturated rings. The molecule has 2 N–H and O–H groups in total. The Balaban J connectivity index is 1.95. The first-order chi connectivity index (χ1) is 13.0. The number of ether oxygens (including phenoxy) is 1. The summed E-state index contributed by atoms with van der Waals surface area (Å²) in [4.78, 5) is 27.6. The van der Waals surface area contributed by atoms with Gasteiger partial charge in [-0.05, 0) is 44.5 Å². The van der Waals surface area contributed by atoms with Crippen LogP contribution in [-0.4, -0.2) is 49.7 Å². The number of carbonyl (C=O) groups excluding carboxylic acids is 2. The number of nitrogens with one attached hydrogen (secondary N) is 2. The zero-order valence-corrected chi connectivity index (χ0v) is 16.8. The van der Waals surface area contributed by atoms with Gasteiger partial charge in [0, 0.05) is 4.90 Å². The zero-order chi connectivity index (χ0) is 19.8. The lowest BCUT2D eigenvalue weighted by Crippen LogP contribution is -2.43. The molecule has 0 aliphatic rings. The van der Waals surface area contributed by atoms with Gasteiger partial charge in [0.2, 0.25) is 11.8 Å². The molecule has 1 unspecified atom stereocenters. The molecule has 0 aliphatic heterocycles.